The van der Waals surface area contributed by atoms with Crippen LogP contribution in [-0.2, 0) is 26.4 Å². The van der Waals surface area contributed by atoms with Crippen molar-refractivity contribution < 1.29 is 26.4 Å². The molecule has 0 saturated heterocycles. The summed E-state index contributed by atoms with van der Waals surface area (Å²) in [5, 5.41) is 0. The monoisotopic (exact) mass is 341 g/mol. The molecule has 0 aromatic heterocycles. The average Bonchev–Trinajstić information content (AvgIpc) is 2.39. The molecule has 0 aromatic carbocycles. The molecule has 0 N–H and O–H groups in total. The Balaban J connectivity index is 0. The van der Waals surface area contributed by atoms with Gasteiger partial charge in [0.2, 0.25) is 0 Å². The minimum absolute atomic E-state index is 0. The zero-order valence-corrected chi connectivity index (χ0v) is 16.1. The van der Waals surface area contributed by atoms with Gasteiger partial charge in [0.05, 0.1) is 0 Å². The molecule has 0 aromatic rings. The van der Waals surface area contributed by atoms with Gasteiger partial charge in [-0.2, -0.15) is 0 Å². The zero-order valence-electron chi connectivity index (χ0n) is 13.9. The summed E-state index contributed by atoms with van der Waals surface area (Å²) >= 11 is 0. The molecule has 0 amide bonds. The molecule has 3 unspecified atom stereocenters. The molecule has 0 spiro atoms. The normalized spacial score (nSPS) is 14.5. The summed E-state index contributed by atoms with van der Waals surface area (Å²) in [5.74, 6) is 0.579. The van der Waals surface area contributed by atoms with Crippen molar-refractivity contribution in [3.63, 3.8) is 0 Å². The van der Waals surface area contributed by atoms with Crippen molar-refractivity contribution in [2.45, 2.75) is 91.6 Å². The van der Waals surface area contributed by atoms with E-state index >= 15 is 0 Å². The van der Waals surface area contributed by atoms with E-state index in [0.29, 0.717) is 5.92 Å². The van der Waals surface area contributed by atoms with Gasteiger partial charge >= 0.3 is 25.4 Å². The van der Waals surface area contributed by atoms with Crippen molar-refractivity contribution in [3.05, 3.63) is 0 Å². The summed E-state index contributed by atoms with van der Waals surface area (Å²) in [6, 6.07) is 0. The van der Waals surface area contributed by atoms with Gasteiger partial charge in [-0.15, -0.1) is 4.52 Å². The van der Waals surface area contributed by atoms with Crippen LogP contribution in [0.5, 0.6) is 0 Å². The fraction of sp³-hybridized carbons (Fsp3) is 1.00. The number of rotatable bonds is 13. The Hall–Kier alpha value is 0.592. The molecule has 20 heavy (non-hydrogen) atoms. The second-order valence-electron chi connectivity index (χ2n) is 5.70. The fourth-order valence-electron chi connectivity index (χ4n) is 2.28. The van der Waals surface area contributed by atoms with Crippen LogP contribution in [0.15, 0.2) is 0 Å². The Bertz CT molecular complexity index is 225. The maximum atomic E-state index is 12.0. The molecule has 0 heterocycles. The molecule has 0 saturated carbocycles. The van der Waals surface area contributed by atoms with E-state index in [9.17, 15) is 4.57 Å². The molecule has 0 fully saturated rings. The second kappa shape index (κ2) is 16.0. The van der Waals surface area contributed by atoms with Crippen molar-refractivity contribution >= 4 is 8.03 Å². The van der Waals surface area contributed by atoms with Gasteiger partial charge < -0.3 is 0 Å². The van der Waals surface area contributed by atoms with E-state index in [4.69, 9.17) is 4.52 Å². The van der Waals surface area contributed by atoms with Gasteiger partial charge in [-0.05, 0) is 30.8 Å². The minimum Gasteiger partial charge on any atom is -0.143 e. The number of hydrogen-bond acceptors (Lipinski definition) is 2. The summed E-state index contributed by atoms with van der Waals surface area (Å²) in [5.41, 5.74) is 0. The van der Waals surface area contributed by atoms with Crippen LogP contribution < -0.4 is 0 Å². The van der Waals surface area contributed by atoms with Crippen LogP contribution in [0.4, 0.5) is 0 Å². The maximum Gasteiger partial charge on any atom is 2.00 e. The Morgan fingerprint density at radius 1 is 0.950 bits per heavy atom. The zero-order chi connectivity index (χ0) is 14.5. The van der Waals surface area contributed by atoms with Gasteiger partial charge in [0.25, 0.3) is 0 Å². The first kappa shape index (κ1) is 22.9. The third-order valence-electron chi connectivity index (χ3n) is 3.71. The molecule has 0 bridgehead atoms. The first-order valence-corrected chi connectivity index (χ1v) is 9.61. The molecule has 4 heteroatoms. The predicted octanol–water partition coefficient (Wildman–Crippen LogP) is 6.32. The van der Waals surface area contributed by atoms with Gasteiger partial charge in [-0.3, -0.25) is 0 Å². The van der Waals surface area contributed by atoms with Crippen molar-refractivity contribution in [2.24, 2.45) is 5.92 Å². The van der Waals surface area contributed by atoms with E-state index in [-0.39, 0.29) is 23.5 Å². The largest absolute Gasteiger partial charge is 2.00 e. The van der Waals surface area contributed by atoms with Crippen molar-refractivity contribution in [1.82, 2.24) is 0 Å². The number of hydrogen-bond donors (Lipinski definition) is 0. The SMILES string of the molecule is CCCCCCC(C)O[P+](=O)CC(CC)CCCC.[Cr+2]. The summed E-state index contributed by atoms with van der Waals surface area (Å²) in [7, 11) is -1.46. The van der Waals surface area contributed by atoms with Crippen LogP contribution in [0.3, 0.4) is 0 Å². The molecule has 0 radical (unpaired) electrons. The molecule has 0 aliphatic heterocycles. The third kappa shape index (κ3) is 13.6. The van der Waals surface area contributed by atoms with Gasteiger partial charge in [-0.25, -0.2) is 0 Å². The van der Waals surface area contributed by atoms with E-state index in [2.05, 4.69) is 27.7 Å². The molecule has 2 nitrogen and oxygen atoms in total. The topological polar surface area (TPSA) is 26.3 Å². The summed E-state index contributed by atoms with van der Waals surface area (Å²) < 4.78 is 17.7. The smallest absolute Gasteiger partial charge is 0.143 e. The Morgan fingerprint density at radius 2 is 1.60 bits per heavy atom. The van der Waals surface area contributed by atoms with Crippen molar-refractivity contribution in [3.8, 4) is 0 Å². The quantitative estimate of drug-likeness (QED) is 0.289. The Labute approximate surface area is 138 Å². The Morgan fingerprint density at radius 3 is 2.15 bits per heavy atom. The molecular weight excluding hydrogens is 307 g/mol. The summed E-state index contributed by atoms with van der Waals surface area (Å²) in [4.78, 5) is 0. The minimum atomic E-state index is -1.46. The van der Waals surface area contributed by atoms with Crippen LogP contribution in [0, 0.1) is 5.92 Å². The number of unbranched alkanes of at least 4 members (excludes halogenated alkanes) is 4. The van der Waals surface area contributed by atoms with E-state index in [1.807, 2.05) is 0 Å². The van der Waals surface area contributed by atoms with Crippen molar-refractivity contribution in [1.29, 1.82) is 0 Å². The van der Waals surface area contributed by atoms with Gasteiger partial charge in [-0.1, -0.05) is 59.3 Å². The fourth-order valence-corrected chi connectivity index (χ4v) is 3.74. The van der Waals surface area contributed by atoms with E-state index in [0.717, 1.165) is 19.0 Å². The summed E-state index contributed by atoms with van der Waals surface area (Å²) in [6.45, 7) is 8.68. The predicted molar refractivity (Wildman–Crippen MR) is 85.1 cm³/mol. The maximum absolute atomic E-state index is 12.0. The first-order chi connectivity index (χ1) is 9.13. The van der Waals surface area contributed by atoms with Gasteiger partial charge in [0, 0.05) is 5.92 Å². The average molecular weight is 341 g/mol. The van der Waals surface area contributed by atoms with Gasteiger partial charge in [0.1, 0.15) is 6.10 Å². The molecule has 0 aliphatic rings. The van der Waals surface area contributed by atoms with Crippen LogP contribution in [-0.4, -0.2) is 12.3 Å². The molecule has 118 valence electrons. The molecular formula is C16H34CrO2P+3. The van der Waals surface area contributed by atoms with Crippen molar-refractivity contribution in [2.75, 3.05) is 6.16 Å². The molecule has 0 aliphatic carbocycles. The Kier molecular flexibility index (Phi) is 18.3. The molecule has 0 rings (SSSR count). The van der Waals surface area contributed by atoms with E-state index < -0.39 is 8.03 Å². The van der Waals surface area contributed by atoms with Crippen LogP contribution in [0.25, 0.3) is 0 Å². The first-order valence-electron chi connectivity index (χ1n) is 8.25. The molecule has 3 atom stereocenters. The summed E-state index contributed by atoms with van der Waals surface area (Å²) in [6.07, 6.45) is 11.8. The van der Waals surface area contributed by atoms with Crippen LogP contribution >= 0.6 is 8.03 Å². The van der Waals surface area contributed by atoms with E-state index in [1.165, 1.54) is 44.9 Å². The standard InChI is InChI=1S/C16H34O2P.Cr/c1-5-8-10-11-12-15(4)18-19(17)14-16(7-3)13-9-6-2;/h15-16H,5-14H2,1-4H3;/q+1;+2. The third-order valence-corrected chi connectivity index (χ3v) is 5.12. The van der Waals surface area contributed by atoms with Crippen LogP contribution in [0.2, 0.25) is 0 Å². The van der Waals surface area contributed by atoms with E-state index in [1.54, 1.807) is 0 Å². The van der Waals surface area contributed by atoms with Crippen LogP contribution in [0.1, 0.15) is 85.5 Å². The van der Waals surface area contributed by atoms with Gasteiger partial charge in [0.15, 0.2) is 6.16 Å². The second-order valence-corrected chi connectivity index (χ2v) is 6.94.